The quantitative estimate of drug-likeness (QED) is 0.540. The molecule has 0 bridgehead atoms. The molecule has 2 saturated heterocycles. The van der Waals surface area contributed by atoms with E-state index in [1.54, 1.807) is 12.2 Å². The highest BCUT2D eigenvalue weighted by atomic mass is 19.1. The van der Waals surface area contributed by atoms with Gasteiger partial charge in [-0.25, -0.2) is 13.8 Å². The molecule has 4 nitrogen and oxygen atoms in total. The second kappa shape index (κ2) is 8.36. The first-order chi connectivity index (χ1) is 11.9. The number of rotatable bonds is 8. The fourth-order valence-electron chi connectivity index (χ4n) is 2.64. The molecule has 0 aromatic carbocycles. The van der Waals surface area contributed by atoms with Crippen molar-refractivity contribution in [2.24, 2.45) is 10.4 Å². The number of hydrogen-bond acceptors (Lipinski definition) is 4. The summed E-state index contributed by atoms with van der Waals surface area (Å²) in [5.74, 6) is -0.0471. The van der Waals surface area contributed by atoms with Crippen LogP contribution in [0, 0.1) is 5.41 Å². The first kappa shape index (κ1) is 19.3. The second-order valence-corrected chi connectivity index (χ2v) is 6.49. The molecule has 0 saturated carbocycles. The van der Waals surface area contributed by atoms with Crippen LogP contribution in [0.1, 0.15) is 6.92 Å². The zero-order valence-electron chi connectivity index (χ0n) is 14.5. The van der Waals surface area contributed by atoms with Gasteiger partial charge >= 0.3 is 0 Å². The number of likely N-dealkylation sites (tertiary alicyclic amines) is 1. The van der Waals surface area contributed by atoms with Crippen molar-refractivity contribution in [3.8, 4) is 0 Å². The molecule has 1 N–H and O–H groups in total. The predicted octanol–water partition coefficient (Wildman–Crippen LogP) is 3.10. The van der Waals surface area contributed by atoms with Crippen LogP contribution in [0.2, 0.25) is 0 Å². The fraction of sp³-hybridized carbons (Fsp3) is 0.421. The smallest absolute Gasteiger partial charge is 0.160 e. The molecule has 2 fully saturated rings. The second-order valence-electron chi connectivity index (χ2n) is 6.49. The number of ether oxygens (including phenoxy) is 1. The van der Waals surface area contributed by atoms with Crippen molar-refractivity contribution in [3.63, 3.8) is 0 Å². The van der Waals surface area contributed by atoms with Crippen LogP contribution >= 0.6 is 0 Å². The van der Waals surface area contributed by atoms with Gasteiger partial charge in [0, 0.05) is 19.3 Å². The minimum Gasteiger partial charge on any atom is -0.392 e. The van der Waals surface area contributed by atoms with Gasteiger partial charge in [0.05, 0.1) is 25.2 Å². The van der Waals surface area contributed by atoms with Gasteiger partial charge in [-0.3, -0.25) is 0 Å². The average Bonchev–Trinajstić information content (AvgIpc) is 2.50. The van der Waals surface area contributed by atoms with Gasteiger partial charge in [-0.2, -0.15) is 0 Å². The fourth-order valence-corrected chi connectivity index (χ4v) is 2.64. The zero-order chi connectivity index (χ0) is 18.4. The number of aliphatic imine (C=N–C) groups is 1. The van der Waals surface area contributed by atoms with Crippen LogP contribution in [0.5, 0.6) is 0 Å². The van der Waals surface area contributed by atoms with Gasteiger partial charge < -0.3 is 14.7 Å². The highest BCUT2D eigenvalue weighted by Gasteiger charge is 2.50. The molecule has 0 amide bonds. The molecule has 0 aromatic heterocycles. The van der Waals surface area contributed by atoms with E-state index in [-0.39, 0.29) is 23.4 Å². The maximum Gasteiger partial charge on any atom is 0.160 e. The Kier molecular flexibility index (Phi) is 6.45. The van der Waals surface area contributed by atoms with E-state index in [9.17, 15) is 8.78 Å². The van der Waals surface area contributed by atoms with Crippen molar-refractivity contribution < 1.29 is 18.6 Å². The van der Waals surface area contributed by atoms with Gasteiger partial charge in [0.1, 0.15) is 12.5 Å². The van der Waals surface area contributed by atoms with Gasteiger partial charge in [0.15, 0.2) is 5.82 Å². The van der Waals surface area contributed by atoms with Crippen LogP contribution in [-0.4, -0.2) is 55.8 Å². The molecule has 0 radical (unpaired) electrons. The van der Waals surface area contributed by atoms with E-state index >= 15 is 0 Å². The Morgan fingerprint density at radius 2 is 2.00 bits per heavy atom. The van der Waals surface area contributed by atoms with Crippen LogP contribution in [-0.2, 0) is 4.74 Å². The van der Waals surface area contributed by atoms with Crippen molar-refractivity contribution in [1.29, 1.82) is 0 Å². The Labute approximate surface area is 147 Å². The topological polar surface area (TPSA) is 45.1 Å². The van der Waals surface area contributed by atoms with Gasteiger partial charge in [0.2, 0.25) is 0 Å². The Balaban J connectivity index is 1.93. The maximum atomic E-state index is 13.8. The van der Waals surface area contributed by atoms with Crippen LogP contribution < -0.4 is 0 Å². The third-order valence-electron chi connectivity index (χ3n) is 4.24. The molecule has 136 valence electrons. The largest absolute Gasteiger partial charge is 0.392 e. The summed E-state index contributed by atoms with van der Waals surface area (Å²) in [5, 5.41) is 8.88. The molecule has 2 rings (SSSR count). The Hall–Kier alpha value is -2.05. The van der Waals surface area contributed by atoms with Crippen LogP contribution in [0.4, 0.5) is 8.78 Å². The molecule has 2 aliphatic heterocycles. The molecule has 0 atom stereocenters. The van der Waals surface area contributed by atoms with Crippen LogP contribution in [0.15, 0.2) is 64.7 Å². The minimum absolute atomic E-state index is 0.173. The molecule has 1 spiro atoms. The maximum absolute atomic E-state index is 13.8. The van der Waals surface area contributed by atoms with Gasteiger partial charge in [-0.05, 0) is 23.6 Å². The number of hydrogen-bond donors (Lipinski definition) is 1. The molecule has 6 heteroatoms. The normalized spacial score (nSPS) is 20.6. The summed E-state index contributed by atoms with van der Waals surface area (Å²) in [5.41, 5.74) is 1.54. The highest BCUT2D eigenvalue weighted by Crippen LogP contribution is 2.40. The molecule has 2 heterocycles. The summed E-state index contributed by atoms with van der Waals surface area (Å²) in [7, 11) is 0. The highest BCUT2D eigenvalue weighted by molar-refractivity contribution is 5.85. The molecule has 0 unspecified atom stereocenters. The number of halogens is 2. The standard InChI is InChI=1S/C19H24F2N2O2/c1-14(5-4-6-17(7-20)9-24)15(2)8-22-18(16(3)21)23-10-19(11-23)12-25-13-19/h4-6,8,24H,1-2,7,9-13H2,3H3/b5-4-,17-6+,18-16-,22-8?. The number of aliphatic hydroxyl groups excluding tert-OH is 1. The molecule has 25 heavy (non-hydrogen) atoms. The van der Waals surface area contributed by atoms with Gasteiger partial charge in [0.25, 0.3) is 0 Å². The van der Waals surface area contributed by atoms with Crippen LogP contribution in [0.3, 0.4) is 0 Å². The molecule has 2 aliphatic rings. The summed E-state index contributed by atoms with van der Waals surface area (Å²) < 4.78 is 31.5. The van der Waals surface area contributed by atoms with Crippen molar-refractivity contribution in [2.45, 2.75) is 6.92 Å². The number of alkyl halides is 1. The van der Waals surface area contributed by atoms with E-state index < -0.39 is 6.67 Å². The number of allylic oxidation sites excluding steroid dienone is 6. The predicted molar refractivity (Wildman–Crippen MR) is 95.7 cm³/mol. The number of aliphatic hydroxyl groups is 1. The molecule has 0 aliphatic carbocycles. The summed E-state index contributed by atoms with van der Waals surface area (Å²) in [6.07, 6.45) is 6.17. The lowest BCUT2D eigenvalue weighted by Crippen LogP contribution is -2.65. The van der Waals surface area contributed by atoms with E-state index in [1.165, 1.54) is 19.2 Å². The first-order valence-electron chi connectivity index (χ1n) is 8.05. The van der Waals surface area contributed by atoms with Crippen molar-refractivity contribution in [1.82, 2.24) is 4.90 Å². The van der Waals surface area contributed by atoms with Gasteiger partial charge in [-0.15, -0.1) is 0 Å². The summed E-state index contributed by atoms with van der Waals surface area (Å²) in [4.78, 5) is 6.11. The zero-order valence-corrected chi connectivity index (χ0v) is 14.5. The third-order valence-corrected chi connectivity index (χ3v) is 4.24. The minimum atomic E-state index is -0.706. The van der Waals surface area contributed by atoms with E-state index in [4.69, 9.17) is 9.84 Å². The van der Waals surface area contributed by atoms with E-state index in [0.717, 1.165) is 26.3 Å². The Morgan fingerprint density at radius 1 is 1.32 bits per heavy atom. The van der Waals surface area contributed by atoms with Crippen molar-refractivity contribution >= 4 is 6.21 Å². The van der Waals surface area contributed by atoms with E-state index in [2.05, 4.69) is 18.2 Å². The lowest BCUT2D eigenvalue weighted by molar-refractivity contribution is -0.180. The Morgan fingerprint density at radius 3 is 2.48 bits per heavy atom. The average molecular weight is 350 g/mol. The first-order valence-corrected chi connectivity index (χ1v) is 8.05. The summed E-state index contributed by atoms with van der Waals surface area (Å²) in [6, 6.07) is 0. The summed E-state index contributed by atoms with van der Waals surface area (Å²) >= 11 is 0. The molecular weight excluding hydrogens is 326 g/mol. The van der Waals surface area contributed by atoms with Gasteiger partial charge in [-0.1, -0.05) is 31.4 Å². The number of nitrogens with zero attached hydrogens (tertiary/aromatic N) is 2. The third kappa shape index (κ3) is 4.74. The molecule has 0 aromatic rings. The van der Waals surface area contributed by atoms with Crippen LogP contribution in [0.25, 0.3) is 0 Å². The lowest BCUT2D eigenvalue weighted by atomic mass is 9.78. The summed E-state index contributed by atoms with van der Waals surface area (Å²) in [6.45, 7) is 11.0. The Bertz CT molecular complexity index is 640. The van der Waals surface area contributed by atoms with Crippen molar-refractivity contribution in [3.05, 3.63) is 59.8 Å². The lowest BCUT2D eigenvalue weighted by Gasteiger charge is -2.55. The van der Waals surface area contributed by atoms with Crippen molar-refractivity contribution in [2.75, 3.05) is 39.6 Å². The van der Waals surface area contributed by atoms with E-state index in [0.29, 0.717) is 17.0 Å². The van der Waals surface area contributed by atoms with E-state index in [1.807, 2.05) is 4.90 Å². The molecular formula is C19H24F2N2O2. The SMILES string of the molecule is C=C(C=N/C(=C(\C)F)N1CC2(COC2)C1)C(=C)/C=C\C=C(\CO)CF. The monoisotopic (exact) mass is 350 g/mol.